The number of rotatable bonds is 2. The Kier molecular flexibility index (Phi) is 4.91. The van der Waals surface area contributed by atoms with Gasteiger partial charge in [-0.05, 0) is 42.7 Å². The monoisotopic (exact) mass is 217 g/mol. The Hall–Kier alpha value is -0.770. The van der Waals surface area contributed by atoms with E-state index < -0.39 is 0 Å². The average molecular weight is 218 g/mol. The summed E-state index contributed by atoms with van der Waals surface area (Å²) in [6.07, 6.45) is 0. The Balaban J connectivity index is 0.00000169. The highest BCUT2D eigenvalue weighted by atomic mass is 35.5. The number of nitrogens with two attached hydrogens (primary N) is 1. The number of halogens is 1. The molecule has 4 heteroatoms. The summed E-state index contributed by atoms with van der Waals surface area (Å²) in [5, 5.41) is 18.2. The minimum atomic E-state index is -0.361. The molecule has 3 nitrogen and oxygen atoms in total. The summed E-state index contributed by atoms with van der Waals surface area (Å²) in [5.74, 6) is 0.240. The zero-order chi connectivity index (χ0) is 10.0. The van der Waals surface area contributed by atoms with Crippen LogP contribution in [0.15, 0.2) is 12.1 Å². The van der Waals surface area contributed by atoms with Crippen LogP contribution in [0.2, 0.25) is 0 Å². The molecule has 0 fully saturated rings. The van der Waals surface area contributed by atoms with Crippen LogP contribution in [0.3, 0.4) is 0 Å². The number of aliphatic hydroxyl groups excluding tert-OH is 1. The average Bonchev–Trinajstić information content (AvgIpc) is 2.02. The van der Waals surface area contributed by atoms with Gasteiger partial charge in [-0.25, -0.2) is 0 Å². The third-order valence-electron chi connectivity index (χ3n) is 2.15. The predicted molar refractivity (Wildman–Crippen MR) is 58.8 cm³/mol. The number of aromatic hydroxyl groups is 1. The van der Waals surface area contributed by atoms with Crippen molar-refractivity contribution in [2.45, 2.75) is 19.9 Å². The van der Waals surface area contributed by atoms with E-state index in [0.29, 0.717) is 0 Å². The number of hydrogen-bond donors (Lipinski definition) is 3. The smallest absolute Gasteiger partial charge is 0.116 e. The molecular weight excluding hydrogens is 202 g/mol. The van der Waals surface area contributed by atoms with Crippen molar-refractivity contribution in [1.82, 2.24) is 0 Å². The lowest BCUT2D eigenvalue weighted by Gasteiger charge is -2.15. The van der Waals surface area contributed by atoms with Crippen LogP contribution >= 0.6 is 12.4 Å². The molecule has 0 bridgehead atoms. The number of hydrogen-bond acceptors (Lipinski definition) is 3. The van der Waals surface area contributed by atoms with Crippen molar-refractivity contribution in [3.8, 4) is 5.75 Å². The number of phenols is 1. The van der Waals surface area contributed by atoms with E-state index in [1.807, 2.05) is 13.8 Å². The molecule has 0 aliphatic rings. The Morgan fingerprint density at radius 3 is 2.07 bits per heavy atom. The lowest BCUT2D eigenvalue weighted by Crippen LogP contribution is -2.17. The van der Waals surface area contributed by atoms with Crippen LogP contribution in [0.25, 0.3) is 0 Å². The highest BCUT2D eigenvalue weighted by Crippen LogP contribution is 2.24. The molecule has 0 unspecified atom stereocenters. The molecule has 0 spiro atoms. The molecule has 0 aliphatic heterocycles. The van der Waals surface area contributed by atoms with Gasteiger partial charge in [-0.15, -0.1) is 12.4 Å². The molecule has 0 aliphatic carbocycles. The maximum atomic E-state index is 9.27. The van der Waals surface area contributed by atoms with Gasteiger partial charge in [0.25, 0.3) is 0 Å². The van der Waals surface area contributed by atoms with Gasteiger partial charge >= 0.3 is 0 Å². The Bertz CT molecular complexity index is 292. The van der Waals surface area contributed by atoms with Crippen molar-refractivity contribution in [3.05, 3.63) is 28.8 Å². The first-order valence-electron chi connectivity index (χ1n) is 4.22. The molecule has 1 rings (SSSR count). The highest BCUT2D eigenvalue weighted by molar-refractivity contribution is 5.85. The van der Waals surface area contributed by atoms with Gasteiger partial charge < -0.3 is 15.9 Å². The van der Waals surface area contributed by atoms with Crippen molar-refractivity contribution in [3.63, 3.8) is 0 Å². The molecule has 80 valence electrons. The standard InChI is InChI=1S/C10H15NO2.ClH/c1-6-3-8(13)4-7(2)10(6)9(11)5-12;/h3-4,9,12-13H,5,11H2,1-2H3;1H/t9-;/m1./s1. The number of benzene rings is 1. The summed E-state index contributed by atoms with van der Waals surface area (Å²) >= 11 is 0. The van der Waals surface area contributed by atoms with E-state index in [4.69, 9.17) is 10.8 Å². The van der Waals surface area contributed by atoms with E-state index in [0.717, 1.165) is 16.7 Å². The SMILES string of the molecule is Cc1cc(O)cc(C)c1[C@H](N)CO.Cl. The van der Waals surface area contributed by atoms with E-state index >= 15 is 0 Å². The minimum absolute atomic E-state index is 0. The van der Waals surface area contributed by atoms with E-state index in [9.17, 15) is 5.11 Å². The zero-order valence-electron chi connectivity index (χ0n) is 8.32. The molecular formula is C10H16ClNO2. The molecule has 14 heavy (non-hydrogen) atoms. The molecule has 0 amide bonds. The van der Waals surface area contributed by atoms with Crippen molar-refractivity contribution in [1.29, 1.82) is 0 Å². The number of aryl methyl sites for hydroxylation is 2. The Morgan fingerprint density at radius 1 is 1.29 bits per heavy atom. The van der Waals surface area contributed by atoms with Crippen LogP contribution in [-0.4, -0.2) is 16.8 Å². The highest BCUT2D eigenvalue weighted by Gasteiger charge is 2.11. The van der Waals surface area contributed by atoms with Gasteiger partial charge in [0.1, 0.15) is 5.75 Å². The van der Waals surface area contributed by atoms with E-state index in [2.05, 4.69) is 0 Å². The fourth-order valence-corrected chi connectivity index (χ4v) is 1.63. The second kappa shape index (κ2) is 5.20. The van der Waals surface area contributed by atoms with Gasteiger partial charge in [-0.2, -0.15) is 0 Å². The fourth-order valence-electron chi connectivity index (χ4n) is 1.63. The molecule has 0 saturated carbocycles. The van der Waals surface area contributed by atoms with Gasteiger partial charge in [0.05, 0.1) is 12.6 Å². The van der Waals surface area contributed by atoms with Crippen molar-refractivity contribution >= 4 is 12.4 Å². The van der Waals surface area contributed by atoms with Gasteiger partial charge in [-0.3, -0.25) is 0 Å². The first kappa shape index (κ1) is 13.2. The lowest BCUT2D eigenvalue weighted by atomic mass is 9.97. The normalized spacial score (nSPS) is 12.0. The van der Waals surface area contributed by atoms with E-state index in [-0.39, 0.29) is 30.8 Å². The minimum Gasteiger partial charge on any atom is -0.508 e. The quantitative estimate of drug-likeness (QED) is 0.702. The van der Waals surface area contributed by atoms with Gasteiger partial charge in [0.2, 0.25) is 0 Å². The first-order valence-corrected chi connectivity index (χ1v) is 4.22. The van der Waals surface area contributed by atoms with E-state index in [1.54, 1.807) is 12.1 Å². The Morgan fingerprint density at radius 2 is 1.71 bits per heavy atom. The summed E-state index contributed by atoms with van der Waals surface area (Å²) < 4.78 is 0. The summed E-state index contributed by atoms with van der Waals surface area (Å²) in [7, 11) is 0. The molecule has 4 N–H and O–H groups in total. The molecule has 1 aromatic rings. The van der Waals surface area contributed by atoms with Crippen LogP contribution in [0.1, 0.15) is 22.7 Å². The second-order valence-corrected chi connectivity index (χ2v) is 3.28. The second-order valence-electron chi connectivity index (χ2n) is 3.28. The predicted octanol–water partition coefficient (Wildman–Crippen LogP) is 1.42. The summed E-state index contributed by atoms with van der Waals surface area (Å²) in [5.41, 5.74) is 8.46. The molecule has 0 aromatic heterocycles. The maximum absolute atomic E-state index is 9.27. The zero-order valence-corrected chi connectivity index (χ0v) is 9.14. The van der Waals surface area contributed by atoms with Crippen molar-refractivity contribution in [2.24, 2.45) is 5.73 Å². The lowest BCUT2D eigenvalue weighted by molar-refractivity contribution is 0.267. The topological polar surface area (TPSA) is 66.5 Å². The number of aliphatic hydroxyl groups is 1. The third-order valence-corrected chi connectivity index (χ3v) is 2.15. The van der Waals surface area contributed by atoms with Crippen LogP contribution in [0.4, 0.5) is 0 Å². The summed E-state index contributed by atoms with van der Waals surface area (Å²) in [6, 6.07) is 2.94. The Labute approximate surface area is 90.0 Å². The van der Waals surface area contributed by atoms with E-state index in [1.165, 1.54) is 0 Å². The van der Waals surface area contributed by atoms with Crippen LogP contribution in [0, 0.1) is 13.8 Å². The van der Waals surface area contributed by atoms with Crippen molar-refractivity contribution in [2.75, 3.05) is 6.61 Å². The molecule has 0 radical (unpaired) electrons. The number of phenolic OH excluding ortho intramolecular Hbond substituents is 1. The fraction of sp³-hybridized carbons (Fsp3) is 0.400. The van der Waals surface area contributed by atoms with Crippen LogP contribution < -0.4 is 5.73 Å². The van der Waals surface area contributed by atoms with Gasteiger partial charge in [-0.1, -0.05) is 0 Å². The van der Waals surface area contributed by atoms with Crippen LogP contribution in [-0.2, 0) is 0 Å². The van der Waals surface area contributed by atoms with Gasteiger partial charge in [0.15, 0.2) is 0 Å². The van der Waals surface area contributed by atoms with Crippen molar-refractivity contribution < 1.29 is 10.2 Å². The maximum Gasteiger partial charge on any atom is 0.116 e. The first-order chi connectivity index (χ1) is 6.06. The summed E-state index contributed by atoms with van der Waals surface area (Å²) in [6.45, 7) is 3.67. The molecule has 1 atom stereocenters. The van der Waals surface area contributed by atoms with Crippen LogP contribution in [0.5, 0.6) is 5.75 Å². The third kappa shape index (κ3) is 2.61. The van der Waals surface area contributed by atoms with Gasteiger partial charge in [0, 0.05) is 0 Å². The molecule has 0 saturated heterocycles. The largest absolute Gasteiger partial charge is 0.508 e. The molecule has 0 heterocycles. The molecule has 1 aromatic carbocycles. The summed E-state index contributed by atoms with van der Waals surface area (Å²) in [4.78, 5) is 0.